The van der Waals surface area contributed by atoms with Crippen molar-refractivity contribution < 1.29 is 13.7 Å². The standard InChI is InChI=1S/C8H9BrFNO2S/c9-6-1-2-8(7(10)5-6)14(13)11-3-4-12/h1-2,5,11-12H,3-4H2. The molecule has 0 aliphatic rings. The second-order valence-corrected chi connectivity index (χ2v) is 4.64. The Bertz CT molecular complexity index is 348. The number of halogens is 2. The summed E-state index contributed by atoms with van der Waals surface area (Å²) in [6, 6.07) is 4.28. The van der Waals surface area contributed by atoms with E-state index >= 15 is 0 Å². The molecular weight excluding hydrogens is 273 g/mol. The number of nitrogens with one attached hydrogen (secondary N) is 1. The number of aliphatic hydroxyl groups excluding tert-OH is 1. The maximum atomic E-state index is 13.2. The van der Waals surface area contributed by atoms with Gasteiger partial charge in [-0.05, 0) is 18.2 Å². The number of rotatable bonds is 4. The number of hydrogen-bond donors (Lipinski definition) is 2. The minimum atomic E-state index is -1.61. The average Bonchev–Trinajstić information content (AvgIpc) is 2.14. The molecule has 78 valence electrons. The van der Waals surface area contributed by atoms with Gasteiger partial charge in [0.1, 0.15) is 16.8 Å². The summed E-state index contributed by atoms with van der Waals surface area (Å²) in [5.74, 6) is -0.539. The van der Waals surface area contributed by atoms with Crippen molar-refractivity contribution in [2.24, 2.45) is 0 Å². The van der Waals surface area contributed by atoms with E-state index in [1.54, 1.807) is 6.07 Å². The van der Waals surface area contributed by atoms with E-state index in [0.29, 0.717) is 4.47 Å². The number of aliphatic hydroxyl groups is 1. The number of hydrogen-bond acceptors (Lipinski definition) is 2. The third kappa shape index (κ3) is 3.13. The lowest BCUT2D eigenvalue weighted by molar-refractivity contribution is 0.302. The van der Waals surface area contributed by atoms with Crippen molar-refractivity contribution in [2.75, 3.05) is 13.2 Å². The second kappa shape index (κ2) is 5.55. The van der Waals surface area contributed by atoms with Gasteiger partial charge in [-0.2, -0.15) is 0 Å². The van der Waals surface area contributed by atoms with E-state index in [9.17, 15) is 8.60 Å². The van der Waals surface area contributed by atoms with Crippen molar-refractivity contribution in [3.63, 3.8) is 0 Å². The lowest BCUT2D eigenvalue weighted by Crippen LogP contribution is -2.21. The van der Waals surface area contributed by atoms with Crippen molar-refractivity contribution in [3.8, 4) is 0 Å². The fraction of sp³-hybridized carbons (Fsp3) is 0.250. The Labute approximate surface area is 92.0 Å². The van der Waals surface area contributed by atoms with Gasteiger partial charge in [0, 0.05) is 11.0 Å². The van der Waals surface area contributed by atoms with Crippen LogP contribution in [0.15, 0.2) is 27.6 Å². The third-order valence-corrected chi connectivity index (χ3v) is 3.13. The maximum absolute atomic E-state index is 13.2. The molecule has 0 amide bonds. The maximum Gasteiger partial charge on any atom is 0.141 e. The van der Waals surface area contributed by atoms with Crippen LogP contribution in [0.4, 0.5) is 4.39 Å². The van der Waals surface area contributed by atoms with E-state index < -0.39 is 16.8 Å². The molecule has 1 aromatic carbocycles. The Kier molecular flexibility index (Phi) is 4.67. The van der Waals surface area contributed by atoms with Crippen molar-refractivity contribution in [2.45, 2.75) is 4.90 Å². The molecule has 0 radical (unpaired) electrons. The summed E-state index contributed by atoms with van der Waals surface area (Å²) in [6.45, 7) is 0.0337. The second-order valence-electron chi connectivity index (χ2n) is 2.46. The molecule has 0 saturated heterocycles. The van der Waals surface area contributed by atoms with Crippen LogP contribution in [-0.4, -0.2) is 22.5 Å². The molecule has 1 unspecified atom stereocenters. The zero-order valence-corrected chi connectivity index (χ0v) is 9.57. The predicted octanol–water partition coefficient (Wildman–Crippen LogP) is 1.19. The van der Waals surface area contributed by atoms with Crippen LogP contribution < -0.4 is 4.72 Å². The highest BCUT2D eigenvalue weighted by atomic mass is 79.9. The Morgan fingerprint density at radius 2 is 2.29 bits per heavy atom. The molecule has 6 heteroatoms. The molecule has 1 atom stereocenters. The van der Waals surface area contributed by atoms with E-state index in [4.69, 9.17) is 5.11 Å². The van der Waals surface area contributed by atoms with Crippen LogP contribution in [-0.2, 0) is 11.0 Å². The van der Waals surface area contributed by atoms with E-state index in [1.165, 1.54) is 12.1 Å². The summed E-state index contributed by atoms with van der Waals surface area (Å²) >= 11 is 3.10. The topological polar surface area (TPSA) is 49.3 Å². The van der Waals surface area contributed by atoms with Gasteiger partial charge in [-0.3, -0.25) is 0 Å². The molecule has 14 heavy (non-hydrogen) atoms. The summed E-state index contributed by atoms with van der Waals surface area (Å²) in [6.07, 6.45) is 0. The third-order valence-electron chi connectivity index (χ3n) is 1.44. The summed E-state index contributed by atoms with van der Waals surface area (Å²) in [5.41, 5.74) is 0. The predicted molar refractivity (Wildman–Crippen MR) is 55.6 cm³/mol. The van der Waals surface area contributed by atoms with Gasteiger partial charge in [0.25, 0.3) is 0 Å². The fourth-order valence-corrected chi connectivity index (χ4v) is 2.03. The first-order valence-corrected chi connectivity index (χ1v) is 5.80. The minimum Gasteiger partial charge on any atom is -0.395 e. The Morgan fingerprint density at radius 1 is 1.57 bits per heavy atom. The first-order valence-electron chi connectivity index (χ1n) is 3.86. The van der Waals surface area contributed by atoms with Crippen LogP contribution in [0, 0.1) is 5.82 Å². The van der Waals surface area contributed by atoms with Gasteiger partial charge in [0.05, 0.1) is 11.5 Å². The van der Waals surface area contributed by atoms with Crippen LogP contribution in [0.1, 0.15) is 0 Å². The molecule has 1 rings (SSSR count). The smallest absolute Gasteiger partial charge is 0.141 e. The zero-order chi connectivity index (χ0) is 10.6. The van der Waals surface area contributed by atoms with Gasteiger partial charge < -0.3 is 5.11 Å². The van der Waals surface area contributed by atoms with Crippen LogP contribution in [0.3, 0.4) is 0 Å². The van der Waals surface area contributed by atoms with Gasteiger partial charge in [-0.15, -0.1) is 0 Å². The van der Waals surface area contributed by atoms with Gasteiger partial charge >= 0.3 is 0 Å². The lowest BCUT2D eigenvalue weighted by atomic mass is 10.3. The molecule has 0 fully saturated rings. The zero-order valence-electron chi connectivity index (χ0n) is 7.17. The van der Waals surface area contributed by atoms with E-state index in [1.807, 2.05) is 0 Å². The SMILES string of the molecule is O=S(NCCO)c1ccc(Br)cc1F. The molecule has 0 aliphatic heterocycles. The largest absolute Gasteiger partial charge is 0.395 e. The first-order chi connectivity index (χ1) is 6.65. The molecule has 0 saturated carbocycles. The highest BCUT2D eigenvalue weighted by Gasteiger charge is 2.09. The Balaban J connectivity index is 2.80. The van der Waals surface area contributed by atoms with Gasteiger partial charge in [-0.25, -0.2) is 13.3 Å². The molecule has 0 heterocycles. The highest BCUT2D eigenvalue weighted by molar-refractivity contribution is 9.10. The van der Waals surface area contributed by atoms with Crippen molar-refractivity contribution in [1.82, 2.24) is 4.72 Å². The van der Waals surface area contributed by atoms with Crippen molar-refractivity contribution >= 4 is 26.9 Å². The summed E-state index contributed by atoms with van der Waals surface area (Å²) in [5, 5.41) is 8.48. The average molecular weight is 282 g/mol. The highest BCUT2D eigenvalue weighted by Crippen LogP contribution is 2.17. The van der Waals surface area contributed by atoms with Crippen LogP contribution in [0.5, 0.6) is 0 Å². The van der Waals surface area contributed by atoms with Gasteiger partial charge in [0.2, 0.25) is 0 Å². The molecule has 0 aliphatic carbocycles. The molecule has 3 nitrogen and oxygen atoms in total. The van der Waals surface area contributed by atoms with Gasteiger partial charge in [0.15, 0.2) is 0 Å². The number of benzene rings is 1. The summed E-state index contributed by atoms with van der Waals surface area (Å²) in [4.78, 5) is 0.0849. The Hall–Kier alpha value is -0.300. The Morgan fingerprint density at radius 3 is 2.86 bits per heavy atom. The lowest BCUT2D eigenvalue weighted by Gasteiger charge is -2.04. The summed E-state index contributed by atoms with van der Waals surface area (Å²) in [7, 11) is -1.61. The normalized spacial score (nSPS) is 12.8. The van der Waals surface area contributed by atoms with E-state index in [0.717, 1.165) is 0 Å². The van der Waals surface area contributed by atoms with Crippen LogP contribution >= 0.6 is 15.9 Å². The molecular formula is C8H9BrFNO2S. The van der Waals surface area contributed by atoms with E-state index in [-0.39, 0.29) is 18.0 Å². The monoisotopic (exact) mass is 281 g/mol. The van der Waals surface area contributed by atoms with Gasteiger partial charge in [-0.1, -0.05) is 15.9 Å². The van der Waals surface area contributed by atoms with Crippen LogP contribution in [0.25, 0.3) is 0 Å². The summed E-state index contributed by atoms with van der Waals surface area (Å²) < 4.78 is 27.6. The molecule has 0 spiro atoms. The quantitative estimate of drug-likeness (QED) is 0.871. The van der Waals surface area contributed by atoms with E-state index in [2.05, 4.69) is 20.7 Å². The van der Waals surface area contributed by atoms with Crippen LogP contribution in [0.2, 0.25) is 0 Å². The van der Waals surface area contributed by atoms with Crippen molar-refractivity contribution in [3.05, 3.63) is 28.5 Å². The first kappa shape index (κ1) is 11.8. The molecule has 1 aromatic rings. The molecule has 0 aromatic heterocycles. The molecule has 0 bridgehead atoms. The minimum absolute atomic E-state index is 0.0849. The molecule has 2 N–H and O–H groups in total. The van der Waals surface area contributed by atoms with Crippen molar-refractivity contribution in [1.29, 1.82) is 0 Å². The fourth-order valence-electron chi connectivity index (χ4n) is 0.842.